The van der Waals surface area contributed by atoms with Crippen LogP contribution >= 0.6 is 0 Å². The summed E-state index contributed by atoms with van der Waals surface area (Å²) in [4.78, 5) is -0.0396. The van der Waals surface area contributed by atoms with E-state index in [1.807, 2.05) is 29.8 Å². The summed E-state index contributed by atoms with van der Waals surface area (Å²) in [5.41, 5.74) is 2.57. The molecule has 1 atom stereocenters. The summed E-state index contributed by atoms with van der Waals surface area (Å²) in [6.45, 7) is 1.06. The lowest BCUT2D eigenvalue weighted by atomic mass is 9.70. The molecule has 5 rings (SSSR count). The Bertz CT molecular complexity index is 1280. The van der Waals surface area contributed by atoms with E-state index in [2.05, 4.69) is 5.32 Å². The first-order chi connectivity index (χ1) is 14.8. The maximum Gasteiger partial charge on any atom is 0.243 e. The van der Waals surface area contributed by atoms with Crippen LogP contribution in [0.15, 0.2) is 47.4 Å². The monoisotopic (exact) mass is 445 g/mol. The number of nitrogens with one attached hydrogen (secondary N) is 1. The molecule has 0 aliphatic carbocycles. The Balaban J connectivity index is 1.58. The molecule has 2 N–H and O–H groups in total. The third kappa shape index (κ3) is 2.91. The lowest BCUT2D eigenvalue weighted by Crippen LogP contribution is -2.67. The Morgan fingerprint density at radius 3 is 2.71 bits per heavy atom. The van der Waals surface area contributed by atoms with E-state index in [1.54, 1.807) is 7.11 Å². The third-order valence-corrected chi connectivity index (χ3v) is 8.36. The number of benzene rings is 2. The Labute approximate surface area is 180 Å². The van der Waals surface area contributed by atoms with Crippen LogP contribution in [-0.2, 0) is 22.5 Å². The van der Waals surface area contributed by atoms with Gasteiger partial charge in [0.15, 0.2) is 0 Å². The second-order valence-electron chi connectivity index (χ2n) is 8.33. The number of hydrogen-bond donors (Lipinski definition) is 2. The van der Waals surface area contributed by atoms with Crippen molar-refractivity contribution in [2.75, 3.05) is 33.4 Å². The zero-order chi connectivity index (χ0) is 22.0. The fraction of sp³-hybridized carbons (Fsp3) is 0.364. The van der Waals surface area contributed by atoms with Crippen LogP contribution in [0, 0.1) is 5.82 Å². The molecule has 2 aliphatic rings. The minimum Gasteiger partial charge on any atom is -0.497 e. The normalized spacial score (nSPS) is 20.6. The predicted octanol–water partition coefficient (Wildman–Crippen LogP) is 1.90. The second kappa shape index (κ2) is 7.03. The van der Waals surface area contributed by atoms with Gasteiger partial charge < -0.3 is 19.7 Å². The molecule has 1 spiro atoms. The van der Waals surface area contributed by atoms with E-state index in [0.717, 1.165) is 34.0 Å². The van der Waals surface area contributed by atoms with Gasteiger partial charge in [-0.2, -0.15) is 4.31 Å². The van der Waals surface area contributed by atoms with Crippen molar-refractivity contribution >= 4 is 20.9 Å². The molecule has 1 aromatic heterocycles. The van der Waals surface area contributed by atoms with Gasteiger partial charge in [0, 0.05) is 49.2 Å². The van der Waals surface area contributed by atoms with Gasteiger partial charge >= 0.3 is 0 Å². The van der Waals surface area contributed by atoms with Crippen LogP contribution in [0.3, 0.4) is 0 Å². The Kier molecular flexibility index (Phi) is 4.63. The first-order valence-electron chi connectivity index (χ1n) is 10.1. The van der Waals surface area contributed by atoms with E-state index in [0.29, 0.717) is 6.54 Å². The Morgan fingerprint density at radius 1 is 1.26 bits per heavy atom. The van der Waals surface area contributed by atoms with Gasteiger partial charge in [0.25, 0.3) is 0 Å². The minimum absolute atomic E-state index is 0.0396. The number of fused-ring (bicyclic) bond motifs is 4. The number of aliphatic hydroxyl groups is 1. The quantitative estimate of drug-likeness (QED) is 0.641. The van der Waals surface area contributed by atoms with Crippen LogP contribution < -0.4 is 10.1 Å². The predicted molar refractivity (Wildman–Crippen MR) is 114 cm³/mol. The molecular formula is C22H24FN3O4S. The van der Waals surface area contributed by atoms with Crippen molar-refractivity contribution in [2.24, 2.45) is 7.05 Å². The maximum atomic E-state index is 13.6. The van der Waals surface area contributed by atoms with Crippen molar-refractivity contribution in [3.63, 3.8) is 0 Å². The molecule has 1 saturated heterocycles. The molecular weight excluding hydrogens is 421 g/mol. The first kappa shape index (κ1) is 20.4. The number of ether oxygens (including phenoxy) is 1. The fourth-order valence-electron chi connectivity index (χ4n) is 5.03. The van der Waals surface area contributed by atoms with Crippen LogP contribution in [0.5, 0.6) is 5.75 Å². The molecule has 31 heavy (non-hydrogen) atoms. The number of rotatable bonds is 4. The van der Waals surface area contributed by atoms with Crippen molar-refractivity contribution in [1.82, 2.24) is 14.2 Å². The van der Waals surface area contributed by atoms with E-state index < -0.39 is 21.3 Å². The summed E-state index contributed by atoms with van der Waals surface area (Å²) in [5, 5.41) is 14.4. The molecule has 3 heterocycles. The molecule has 2 aromatic carbocycles. The number of aryl methyl sites for hydroxylation is 1. The number of aromatic nitrogens is 1. The average Bonchev–Trinajstić information content (AvgIpc) is 3.04. The van der Waals surface area contributed by atoms with Crippen molar-refractivity contribution in [3.8, 4) is 5.75 Å². The molecule has 9 heteroatoms. The van der Waals surface area contributed by atoms with Crippen molar-refractivity contribution in [3.05, 3.63) is 59.5 Å². The van der Waals surface area contributed by atoms with Crippen LogP contribution in [0.1, 0.15) is 17.3 Å². The number of aliphatic hydroxyl groups excluding tert-OH is 1. The Hall–Kier alpha value is -2.46. The number of nitrogens with zero attached hydrogens (tertiary/aromatic N) is 2. The smallest absolute Gasteiger partial charge is 0.243 e. The summed E-state index contributed by atoms with van der Waals surface area (Å²) >= 11 is 0. The summed E-state index contributed by atoms with van der Waals surface area (Å²) in [6, 6.07) is 10.7. The lowest BCUT2D eigenvalue weighted by molar-refractivity contribution is 0.121. The van der Waals surface area contributed by atoms with Crippen molar-refractivity contribution < 1.29 is 22.7 Å². The summed E-state index contributed by atoms with van der Waals surface area (Å²) in [5.74, 6) is 0.156. The highest BCUT2D eigenvalue weighted by atomic mass is 32.2. The van der Waals surface area contributed by atoms with Gasteiger partial charge in [-0.05, 0) is 35.9 Å². The van der Waals surface area contributed by atoms with Gasteiger partial charge in [0.2, 0.25) is 10.0 Å². The highest BCUT2D eigenvalue weighted by Gasteiger charge is 2.54. The largest absolute Gasteiger partial charge is 0.497 e. The molecule has 3 aromatic rings. The van der Waals surface area contributed by atoms with E-state index >= 15 is 0 Å². The zero-order valence-corrected chi connectivity index (χ0v) is 18.1. The topological polar surface area (TPSA) is 83.8 Å². The van der Waals surface area contributed by atoms with Crippen LogP contribution in [0.25, 0.3) is 10.9 Å². The number of hydrogen-bond acceptors (Lipinski definition) is 5. The SMILES string of the molecule is COc1ccc2c3c(n(C)c2c1)[C@H](CO)NCC31CN(S(=O)(=O)c2cccc(F)c2)C1. The molecule has 164 valence electrons. The standard InChI is InChI=1S/C22H24FN3O4S/c1-25-19-9-15(30-2)6-7-17(19)20-21(25)18(10-27)24-11-22(20)12-26(13-22)31(28,29)16-5-3-4-14(23)8-16/h3-9,18,24,27H,10-13H2,1-2H3/t18-/m0/s1. The number of halogens is 1. The van der Waals surface area contributed by atoms with Crippen molar-refractivity contribution in [2.45, 2.75) is 16.4 Å². The molecule has 0 unspecified atom stereocenters. The van der Waals surface area contributed by atoms with Crippen LogP contribution in [0.4, 0.5) is 4.39 Å². The molecule has 0 amide bonds. The summed E-state index contributed by atoms with van der Waals surface area (Å²) < 4.78 is 48.6. The van der Waals surface area contributed by atoms with Gasteiger partial charge in [-0.3, -0.25) is 0 Å². The van der Waals surface area contributed by atoms with Crippen LogP contribution in [-0.4, -0.2) is 55.7 Å². The number of methoxy groups -OCH3 is 1. The maximum absolute atomic E-state index is 13.6. The van der Waals surface area contributed by atoms with E-state index in [-0.39, 0.29) is 30.6 Å². The van der Waals surface area contributed by atoms with Gasteiger partial charge in [-0.15, -0.1) is 0 Å². The zero-order valence-electron chi connectivity index (χ0n) is 17.3. The van der Waals surface area contributed by atoms with E-state index in [4.69, 9.17) is 4.74 Å². The van der Waals surface area contributed by atoms with Crippen LogP contribution in [0.2, 0.25) is 0 Å². The fourth-order valence-corrected chi connectivity index (χ4v) is 6.67. The molecule has 0 saturated carbocycles. The molecule has 0 bridgehead atoms. The highest BCUT2D eigenvalue weighted by molar-refractivity contribution is 7.89. The van der Waals surface area contributed by atoms with Gasteiger partial charge in [-0.1, -0.05) is 6.07 Å². The molecule has 0 radical (unpaired) electrons. The number of sulfonamides is 1. The highest BCUT2D eigenvalue weighted by Crippen LogP contribution is 2.47. The van der Waals surface area contributed by atoms with Crippen molar-refractivity contribution in [1.29, 1.82) is 0 Å². The van der Waals surface area contributed by atoms with E-state index in [9.17, 15) is 17.9 Å². The first-order valence-corrected chi connectivity index (χ1v) is 11.5. The minimum atomic E-state index is -3.79. The third-order valence-electron chi connectivity index (χ3n) is 6.57. The lowest BCUT2D eigenvalue weighted by Gasteiger charge is -2.52. The van der Waals surface area contributed by atoms with Gasteiger partial charge in [0.1, 0.15) is 11.6 Å². The van der Waals surface area contributed by atoms with Gasteiger partial charge in [-0.25, -0.2) is 12.8 Å². The van der Waals surface area contributed by atoms with E-state index in [1.165, 1.54) is 22.5 Å². The molecule has 7 nitrogen and oxygen atoms in total. The second-order valence-corrected chi connectivity index (χ2v) is 10.3. The summed E-state index contributed by atoms with van der Waals surface area (Å²) in [6.07, 6.45) is 0. The average molecular weight is 446 g/mol. The molecule has 2 aliphatic heterocycles. The Morgan fingerprint density at radius 2 is 2.03 bits per heavy atom. The van der Waals surface area contributed by atoms with Gasteiger partial charge in [0.05, 0.1) is 30.2 Å². The molecule has 1 fully saturated rings. The summed E-state index contributed by atoms with van der Waals surface area (Å²) in [7, 11) is -0.225.